The van der Waals surface area contributed by atoms with Crippen LogP contribution in [0.4, 0.5) is 0 Å². The second kappa shape index (κ2) is 9.91. The number of hydrogen-bond acceptors (Lipinski definition) is 3. The zero-order chi connectivity index (χ0) is 25.8. The lowest BCUT2D eigenvalue weighted by atomic mass is 9.47. The molecule has 0 bridgehead atoms. The molecule has 0 aliphatic heterocycles. The Kier molecular flexibility index (Phi) is 7.75. The van der Waals surface area contributed by atoms with Gasteiger partial charge in [0.05, 0.1) is 6.10 Å². The highest BCUT2D eigenvalue weighted by Gasteiger charge is 2.59. The maximum Gasteiger partial charge on any atom is 0.397 e. The van der Waals surface area contributed by atoms with Crippen molar-refractivity contribution in [3.05, 3.63) is 23.8 Å². The number of hydrogen-bond donors (Lipinski definition) is 1. The molecule has 9 atom stereocenters. The molecule has 4 aliphatic carbocycles. The molecule has 0 aromatic rings. The quantitative estimate of drug-likeness (QED) is 0.267. The molecule has 3 fully saturated rings. The molecule has 5 heteroatoms. The summed E-state index contributed by atoms with van der Waals surface area (Å²) in [5, 5.41) is 0. The second-order valence-corrected chi connectivity index (χ2v) is 14.7. The van der Waals surface area contributed by atoms with E-state index in [2.05, 4.69) is 54.2 Å². The van der Waals surface area contributed by atoms with Gasteiger partial charge >= 0.3 is 10.4 Å². The van der Waals surface area contributed by atoms with Crippen molar-refractivity contribution in [2.75, 3.05) is 0 Å². The first-order valence-electron chi connectivity index (χ1n) is 14.3. The Morgan fingerprint density at radius 2 is 1.83 bits per heavy atom. The minimum Gasteiger partial charge on any atom is -0.264 e. The Bertz CT molecular complexity index is 936. The molecule has 2 unspecified atom stereocenters. The van der Waals surface area contributed by atoms with Crippen LogP contribution in [0.2, 0.25) is 0 Å². The number of fused-ring (bicyclic) bond motifs is 5. The van der Waals surface area contributed by atoms with E-state index in [0.717, 1.165) is 36.5 Å². The van der Waals surface area contributed by atoms with Crippen molar-refractivity contribution >= 4 is 10.4 Å². The summed E-state index contributed by atoms with van der Waals surface area (Å²) in [6.07, 6.45) is 13.4. The van der Waals surface area contributed by atoms with Gasteiger partial charge in [-0.25, -0.2) is 4.18 Å². The van der Waals surface area contributed by atoms with Crippen molar-refractivity contribution in [2.45, 2.75) is 112 Å². The van der Waals surface area contributed by atoms with E-state index in [-0.39, 0.29) is 5.41 Å². The molecule has 0 aromatic heterocycles. The Balaban J connectivity index is 1.46. The van der Waals surface area contributed by atoms with Crippen LogP contribution in [0.3, 0.4) is 0 Å². The molecule has 0 saturated heterocycles. The fourth-order valence-electron chi connectivity index (χ4n) is 9.65. The van der Waals surface area contributed by atoms with Gasteiger partial charge in [0.2, 0.25) is 0 Å². The van der Waals surface area contributed by atoms with Gasteiger partial charge in [0.25, 0.3) is 0 Å². The third kappa shape index (κ3) is 5.21. The van der Waals surface area contributed by atoms with E-state index < -0.39 is 16.5 Å². The van der Waals surface area contributed by atoms with E-state index >= 15 is 0 Å². The highest BCUT2D eigenvalue weighted by Crippen LogP contribution is 2.67. The van der Waals surface area contributed by atoms with Crippen molar-refractivity contribution in [2.24, 2.45) is 52.3 Å². The summed E-state index contributed by atoms with van der Waals surface area (Å²) in [4.78, 5) is 0. The maximum absolute atomic E-state index is 11.3. The highest BCUT2D eigenvalue weighted by atomic mass is 32.3. The predicted octanol–water partition coefficient (Wildman–Crippen LogP) is 8.02. The van der Waals surface area contributed by atoms with E-state index in [1.54, 1.807) is 0 Å². The first-order chi connectivity index (χ1) is 16.3. The minimum absolute atomic E-state index is 0.152. The number of rotatable bonds is 8. The third-order valence-electron chi connectivity index (χ3n) is 11.4. The molecule has 0 heterocycles. The van der Waals surface area contributed by atoms with Crippen LogP contribution in [0.5, 0.6) is 0 Å². The van der Waals surface area contributed by atoms with E-state index in [1.807, 2.05) is 0 Å². The Morgan fingerprint density at radius 3 is 2.46 bits per heavy atom. The zero-order valence-electron chi connectivity index (χ0n) is 23.1. The van der Waals surface area contributed by atoms with Crippen LogP contribution in [0, 0.1) is 52.3 Å². The van der Waals surface area contributed by atoms with Gasteiger partial charge in [-0.3, -0.25) is 4.55 Å². The van der Waals surface area contributed by atoms with E-state index in [4.69, 9.17) is 8.74 Å². The number of allylic oxidation sites excluding steroid dienone is 2. The van der Waals surface area contributed by atoms with Crippen LogP contribution < -0.4 is 0 Å². The van der Waals surface area contributed by atoms with Gasteiger partial charge in [0, 0.05) is 0 Å². The van der Waals surface area contributed by atoms with E-state index in [9.17, 15) is 8.42 Å². The van der Waals surface area contributed by atoms with Crippen LogP contribution >= 0.6 is 0 Å². The Hall–Kier alpha value is -0.650. The molecular formula is C30H50O4S. The Labute approximate surface area is 215 Å². The summed E-state index contributed by atoms with van der Waals surface area (Å²) in [5.41, 5.74) is 3.32. The Morgan fingerprint density at radius 1 is 1.11 bits per heavy atom. The summed E-state index contributed by atoms with van der Waals surface area (Å²) < 4.78 is 36.7. The van der Waals surface area contributed by atoms with Crippen molar-refractivity contribution < 1.29 is 17.2 Å². The fraction of sp³-hybridized carbons (Fsp3) is 0.867. The van der Waals surface area contributed by atoms with Gasteiger partial charge in [0.15, 0.2) is 0 Å². The third-order valence-corrected chi connectivity index (χ3v) is 12.0. The molecule has 4 nitrogen and oxygen atoms in total. The molecule has 0 amide bonds. The topological polar surface area (TPSA) is 63.6 Å². The predicted molar refractivity (Wildman–Crippen MR) is 143 cm³/mol. The fourth-order valence-corrected chi connectivity index (χ4v) is 10.2. The van der Waals surface area contributed by atoms with Crippen molar-refractivity contribution in [1.29, 1.82) is 0 Å². The molecule has 4 aliphatic rings. The van der Waals surface area contributed by atoms with Crippen molar-refractivity contribution in [3.8, 4) is 0 Å². The summed E-state index contributed by atoms with van der Waals surface area (Å²) in [6, 6.07) is 0. The second-order valence-electron chi connectivity index (χ2n) is 13.6. The van der Waals surface area contributed by atoms with Gasteiger partial charge in [-0.1, -0.05) is 58.4 Å². The lowest BCUT2D eigenvalue weighted by Crippen LogP contribution is -2.51. The van der Waals surface area contributed by atoms with Gasteiger partial charge < -0.3 is 0 Å². The summed E-state index contributed by atoms with van der Waals surface area (Å²) in [7, 11) is -4.39. The van der Waals surface area contributed by atoms with E-state index in [1.165, 1.54) is 49.7 Å². The van der Waals surface area contributed by atoms with Gasteiger partial charge in [0.1, 0.15) is 0 Å². The lowest BCUT2D eigenvalue weighted by Gasteiger charge is -2.58. The van der Waals surface area contributed by atoms with Gasteiger partial charge in [-0.05, 0) is 123 Å². The molecule has 0 aromatic carbocycles. The first kappa shape index (κ1) is 27.4. The molecule has 35 heavy (non-hydrogen) atoms. The monoisotopic (exact) mass is 506 g/mol. The minimum atomic E-state index is -4.39. The molecular weight excluding hydrogens is 456 g/mol. The van der Waals surface area contributed by atoms with Crippen LogP contribution in [-0.4, -0.2) is 19.1 Å². The van der Waals surface area contributed by atoms with E-state index in [0.29, 0.717) is 36.0 Å². The maximum atomic E-state index is 11.3. The van der Waals surface area contributed by atoms with Gasteiger partial charge in [-0.2, -0.15) is 8.42 Å². The molecule has 3 saturated carbocycles. The lowest BCUT2D eigenvalue weighted by molar-refractivity contribution is -0.0562. The van der Waals surface area contributed by atoms with Crippen molar-refractivity contribution in [1.82, 2.24) is 0 Å². The largest absolute Gasteiger partial charge is 0.397 e. The van der Waals surface area contributed by atoms with Crippen LogP contribution in [0.15, 0.2) is 23.8 Å². The van der Waals surface area contributed by atoms with Crippen LogP contribution in [-0.2, 0) is 14.6 Å². The standard InChI is InChI=1S/C30H50O4S/c1-19(2)24(20(3)4)10-8-21(5)26-12-13-27-25-11-9-22-18-23(34-35(31,32)33)14-16-29(22,6)28(25)15-17-30(26,27)7/h9,20-21,23-28H,1,8,10-18H2,2-7H3,(H,31,32,33)/t21-,23?,24?,25+,26-,27+,28+,29+,30-/m1/s1. The normalized spacial score (nSPS) is 40.9. The smallest absolute Gasteiger partial charge is 0.264 e. The van der Waals surface area contributed by atoms with Crippen LogP contribution in [0.25, 0.3) is 0 Å². The van der Waals surface area contributed by atoms with Gasteiger partial charge in [-0.15, -0.1) is 0 Å². The average molecular weight is 507 g/mol. The summed E-state index contributed by atoms with van der Waals surface area (Å²) >= 11 is 0. The molecule has 200 valence electrons. The average Bonchev–Trinajstić information content (AvgIpc) is 3.09. The molecule has 0 radical (unpaired) electrons. The zero-order valence-corrected chi connectivity index (χ0v) is 23.9. The molecule has 4 rings (SSSR count). The van der Waals surface area contributed by atoms with Crippen molar-refractivity contribution in [3.63, 3.8) is 0 Å². The molecule has 1 N–H and O–H groups in total. The first-order valence-corrected chi connectivity index (χ1v) is 15.6. The summed E-state index contributed by atoms with van der Waals surface area (Å²) in [6.45, 7) is 18.7. The summed E-state index contributed by atoms with van der Waals surface area (Å²) in [5.74, 6) is 5.14. The highest BCUT2D eigenvalue weighted by molar-refractivity contribution is 7.80. The van der Waals surface area contributed by atoms with Crippen LogP contribution in [0.1, 0.15) is 106 Å². The molecule has 0 spiro atoms. The SMILES string of the molecule is C=C(C)C(CC[C@@H](C)[C@H]1CC[C@H]2[C@@H]3CC=C4CC(OS(=O)(=O)O)CC[C@]4(C)[C@H]3CC[C@]12C)C(C)C.